The number of carbonyl (C=O) groups is 2. The summed E-state index contributed by atoms with van der Waals surface area (Å²) in [7, 11) is 0. The van der Waals surface area contributed by atoms with E-state index in [0.717, 1.165) is 31.3 Å². The van der Waals surface area contributed by atoms with Crippen molar-refractivity contribution in [2.45, 2.75) is 52.9 Å². The third-order valence-corrected chi connectivity index (χ3v) is 7.79. The molecule has 0 heterocycles. The van der Waals surface area contributed by atoms with Gasteiger partial charge in [-0.25, -0.2) is 4.39 Å². The number of Topliss-reactive ketones (excluding diaryl/α,β-unsaturated/α-hetero) is 2. The Labute approximate surface area is 142 Å². The van der Waals surface area contributed by atoms with Crippen LogP contribution in [0.5, 0.6) is 0 Å². The molecule has 0 amide bonds. The molecule has 0 aromatic rings. The van der Waals surface area contributed by atoms with Crippen LogP contribution in [0.15, 0.2) is 23.2 Å². The summed E-state index contributed by atoms with van der Waals surface area (Å²) < 4.78 is 14.3. The van der Waals surface area contributed by atoms with E-state index >= 15 is 0 Å². The van der Waals surface area contributed by atoms with Crippen LogP contribution in [-0.2, 0) is 9.59 Å². The van der Waals surface area contributed by atoms with Crippen LogP contribution in [0, 0.1) is 34.5 Å². The first-order valence-corrected chi connectivity index (χ1v) is 9.16. The summed E-state index contributed by atoms with van der Waals surface area (Å²) in [5.74, 6) is 0.272. The fraction of sp³-hybridized carbons (Fsp3) is 0.700. The van der Waals surface area contributed by atoms with E-state index in [4.69, 9.17) is 5.73 Å². The normalized spacial score (nSPS) is 47.9. The van der Waals surface area contributed by atoms with Gasteiger partial charge < -0.3 is 5.73 Å². The van der Waals surface area contributed by atoms with Crippen LogP contribution in [0.4, 0.5) is 4.39 Å². The highest BCUT2D eigenvalue weighted by Gasteiger charge is 2.60. The van der Waals surface area contributed by atoms with Gasteiger partial charge >= 0.3 is 0 Å². The van der Waals surface area contributed by atoms with Gasteiger partial charge in [0.25, 0.3) is 0 Å². The average Bonchev–Trinajstić information content (AvgIpc) is 2.80. The zero-order chi connectivity index (χ0) is 17.4. The topological polar surface area (TPSA) is 60.2 Å². The van der Waals surface area contributed by atoms with E-state index in [1.54, 1.807) is 0 Å². The second-order valence-corrected chi connectivity index (χ2v) is 8.86. The lowest BCUT2D eigenvalue weighted by atomic mass is 9.46. The summed E-state index contributed by atoms with van der Waals surface area (Å²) >= 11 is 0. The van der Waals surface area contributed by atoms with Gasteiger partial charge in [-0.3, -0.25) is 9.59 Å². The summed E-state index contributed by atoms with van der Waals surface area (Å²) in [6.45, 7) is 6.29. The molecular weight excluding hydrogens is 305 g/mol. The van der Waals surface area contributed by atoms with Gasteiger partial charge in [-0.1, -0.05) is 20.8 Å². The Morgan fingerprint density at radius 2 is 1.92 bits per heavy atom. The molecule has 0 aliphatic heterocycles. The van der Waals surface area contributed by atoms with Crippen LogP contribution in [0.2, 0.25) is 0 Å². The highest BCUT2D eigenvalue weighted by atomic mass is 19.1. The highest BCUT2D eigenvalue weighted by Crippen LogP contribution is 2.65. The molecule has 0 unspecified atom stereocenters. The van der Waals surface area contributed by atoms with Gasteiger partial charge in [0.1, 0.15) is 5.78 Å². The smallest absolute Gasteiger partial charge is 0.236 e. The average molecular weight is 331 g/mol. The second-order valence-electron chi connectivity index (χ2n) is 8.86. The molecule has 4 rings (SSSR count). The molecule has 6 atom stereocenters. The quantitative estimate of drug-likeness (QED) is 0.736. The van der Waals surface area contributed by atoms with E-state index in [-0.39, 0.29) is 22.9 Å². The Morgan fingerprint density at radius 1 is 1.21 bits per heavy atom. The van der Waals surface area contributed by atoms with Gasteiger partial charge in [-0.15, -0.1) is 0 Å². The zero-order valence-electron chi connectivity index (χ0n) is 14.7. The molecule has 4 aliphatic carbocycles. The maximum absolute atomic E-state index is 14.3. The van der Waals surface area contributed by atoms with E-state index in [1.165, 1.54) is 6.08 Å². The Balaban J connectivity index is 1.82. The summed E-state index contributed by atoms with van der Waals surface area (Å²) in [5, 5.41) is 0. The first-order chi connectivity index (χ1) is 11.2. The Morgan fingerprint density at radius 3 is 2.62 bits per heavy atom. The number of allylic oxidation sites excluding steroid dienone is 3. The van der Waals surface area contributed by atoms with Crippen molar-refractivity contribution in [2.24, 2.45) is 40.2 Å². The summed E-state index contributed by atoms with van der Waals surface area (Å²) in [6, 6.07) is 0. The molecule has 3 fully saturated rings. The minimum Gasteiger partial charge on any atom is -0.395 e. The lowest BCUT2D eigenvalue weighted by molar-refractivity contribution is -0.132. The van der Waals surface area contributed by atoms with Gasteiger partial charge in [-0.2, -0.15) is 0 Å². The number of halogens is 1. The molecule has 0 aromatic heterocycles. The molecule has 0 aromatic carbocycles. The van der Waals surface area contributed by atoms with Crippen molar-refractivity contribution >= 4 is 11.6 Å². The Hall–Kier alpha value is -1.45. The van der Waals surface area contributed by atoms with E-state index in [1.807, 2.05) is 6.92 Å². The highest BCUT2D eigenvalue weighted by molar-refractivity contribution is 6.08. The minimum atomic E-state index is -0.706. The zero-order valence-corrected chi connectivity index (χ0v) is 14.7. The van der Waals surface area contributed by atoms with Crippen molar-refractivity contribution in [3.05, 3.63) is 23.2 Å². The molecule has 0 saturated heterocycles. The molecule has 3 saturated carbocycles. The van der Waals surface area contributed by atoms with Crippen LogP contribution in [0.25, 0.3) is 0 Å². The van der Waals surface area contributed by atoms with E-state index in [0.29, 0.717) is 24.0 Å². The van der Waals surface area contributed by atoms with Gasteiger partial charge in [0.15, 0.2) is 5.83 Å². The van der Waals surface area contributed by atoms with E-state index in [9.17, 15) is 14.0 Å². The Kier molecular flexibility index (Phi) is 3.21. The van der Waals surface area contributed by atoms with Gasteiger partial charge in [-0.05, 0) is 61.0 Å². The van der Waals surface area contributed by atoms with Gasteiger partial charge in [0.05, 0.1) is 5.70 Å². The lowest BCUT2D eigenvalue weighted by Crippen LogP contribution is -2.52. The predicted octanol–water partition coefficient (Wildman–Crippen LogP) is 3.69. The molecule has 4 heteroatoms. The molecule has 4 aliphatic rings. The van der Waals surface area contributed by atoms with Gasteiger partial charge in [0, 0.05) is 17.3 Å². The van der Waals surface area contributed by atoms with Crippen LogP contribution >= 0.6 is 0 Å². The maximum atomic E-state index is 14.3. The van der Waals surface area contributed by atoms with Gasteiger partial charge in [0.2, 0.25) is 5.78 Å². The van der Waals surface area contributed by atoms with Crippen LogP contribution in [0.3, 0.4) is 0 Å². The summed E-state index contributed by atoms with van der Waals surface area (Å²) in [5.41, 5.74) is 6.44. The van der Waals surface area contributed by atoms with Crippen LogP contribution in [0.1, 0.15) is 52.9 Å². The maximum Gasteiger partial charge on any atom is 0.236 e. The van der Waals surface area contributed by atoms with E-state index < -0.39 is 17.0 Å². The standard InChI is InChI=1S/C20H26FNO2/c1-10-8-11-12-4-5-15(23)19(12,2)7-6-13(11)20(3)9-14(21)18(24)17(22)16(10)20/h9-13H,4-8,22H2,1-3H3/t10-,11+,12+,13+,19+,20-/m1/s1. The molecule has 0 spiro atoms. The molecule has 130 valence electrons. The molecule has 3 nitrogen and oxygen atoms in total. The lowest BCUT2D eigenvalue weighted by Gasteiger charge is -2.57. The number of hydrogen-bond donors (Lipinski definition) is 1. The molecule has 0 radical (unpaired) electrons. The summed E-state index contributed by atoms with van der Waals surface area (Å²) in [4.78, 5) is 24.5. The fourth-order valence-corrected chi connectivity index (χ4v) is 6.71. The minimum absolute atomic E-state index is 0.124. The first kappa shape index (κ1) is 16.0. The largest absolute Gasteiger partial charge is 0.395 e. The summed E-state index contributed by atoms with van der Waals surface area (Å²) in [6.07, 6.45) is 5.90. The Bertz CT molecular complexity index is 708. The molecule has 24 heavy (non-hydrogen) atoms. The van der Waals surface area contributed by atoms with Crippen molar-refractivity contribution in [2.75, 3.05) is 0 Å². The third kappa shape index (κ3) is 1.77. The number of fused-ring (bicyclic) bond motifs is 5. The van der Waals surface area contributed by atoms with Crippen LogP contribution < -0.4 is 5.73 Å². The molecular formula is C20H26FNO2. The van der Waals surface area contributed by atoms with Crippen molar-refractivity contribution in [1.29, 1.82) is 0 Å². The predicted molar refractivity (Wildman–Crippen MR) is 89.4 cm³/mol. The fourth-order valence-electron chi connectivity index (χ4n) is 6.71. The number of rotatable bonds is 0. The molecule has 2 N–H and O–H groups in total. The third-order valence-electron chi connectivity index (χ3n) is 7.79. The number of hydrogen-bond acceptors (Lipinski definition) is 3. The van der Waals surface area contributed by atoms with Crippen molar-refractivity contribution in [3.63, 3.8) is 0 Å². The number of nitrogens with two attached hydrogens (primary N) is 1. The van der Waals surface area contributed by atoms with Crippen molar-refractivity contribution in [3.8, 4) is 0 Å². The van der Waals surface area contributed by atoms with Crippen LogP contribution in [-0.4, -0.2) is 11.6 Å². The number of carbonyl (C=O) groups excluding carboxylic acids is 2. The molecule has 0 bridgehead atoms. The monoisotopic (exact) mass is 331 g/mol. The van der Waals surface area contributed by atoms with Crippen molar-refractivity contribution in [1.82, 2.24) is 0 Å². The number of ketones is 2. The second kappa shape index (κ2) is 4.80. The first-order valence-electron chi connectivity index (χ1n) is 9.16. The van der Waals surface area contributed by atoms with E-state index in [2.05, 4.69) is 13.8 Å². The SMILES string of the molecule is C[C@@H]1C[C@@H]2[C@H](CC[C@]3(C)C(=O)CC[C@@H]23)[C@@]2(C)C=C(F)C(=O)C(N)=C12. The van der Waals surface area contributed by atoms with Crippen molar-refractivity contribution < 1.29 is 14.0 Å².